The predicted octanol–water partition coefficient (Wildman–Crippen LogP) is 5.27. The van der Waals surface area contributed by atoms with E-state index in [1.54, 1.807) is 61.2 Å². The Bertz CT molecular complexity index is 1780. The molecule has 0 radical (unpaired) electrons. The molecule has 0 saturated heterocycles. The molecule has 2 amide bonds. The average Bonchev–Trinajstić information content (AvgIpc) is 3.67. The summed E-state index contributed by atoms with van der Waals surface area (Å²) in [6, 6.07) is 14.7. The van der Waals surface area contributed by atoms with Crippen LogP contribution in [0, 0.1) is 0 Å². The Morgan fingerprint density at radius 1 is 1.11 bits per heavy atom. The maximum Gasteiger partial charge on any atom is 0.459 e. The fraction of sp³-hybridized carbons (Fsp3) is 0.375. The molecule has 2 atom stereocenters. The van der Waals surface area contributed by atoms with Crippen molar-refractivity contribution in [3.05, 3.63) is 82.3 Å². The molecule has 1 aliphatic rings. The van der Waals surface area contributed by atoms with Crippen molar-refractivity contribution < 1.29 is 32.7 Å². The minimum atomic E-state index is -4.01. The van der Waals surface area contributed by atoms with Crippen molar-refractivity contribution in [2.45, 2.75) is 65.3 Å². The van der Waals surface area contributed by atoms with Crippen LogP contribution in [-0.4, -0.2) is 63.2 Å². The van der Waals surface area contributed by atoms with Gasteiger partial charge < -0.3 is 24.5 Å². The Labute approximate surface area is 277 Å². The molecule has 4 N–H and O–H groups in total. The smallest absolute Gasteiger partial charge is 0.459 e. The van der Waals surface area contributed by atoms with Crippen molar-refractivity contribution in [1.29, 1.82) is 0 Å². The number of carbonyl (C=O) groups is 3. The second kappa shape index (κ2) is 15.2. The molecule has 0 bridgehead atoms. The zero-order valence-corrected chi connectivity index (χ0v) is 28.0. The van der Waals surface area contributed by atoms with Crippen molar-refractivity contribution in [1.82, 2.24) is 30.5 Å². The molecule has 250 valence electrons. The molecule has 2 aromatic heterocycles. The molecule has 0 aliphatic carbocycles. The maximum atomic E-state index is 13.6. The number of esters is 1. The molecule has 15 heteroatoms. The maximum absolute atomic E-state index is 13.6. The van der Waals surface area contributed by atoms with E-state index in [0.717, 1.165) is 22.2 Å². The lowest BCUT2D eigenvalue weighted by molar-refractivity contribution is -0.149. The van der Waals surface area contributed by atoms with Crippen molar-refractivity contribution in [3.63, 3.8) is 0 Å². The first-order valence-electron chi connectivity index (χ1n) is 15.4. The Balaban J connectivity index is 1.12. The standard InChI is InChI=1S/C32H38ClN6O7P/c1-20(2)45-32(42)21(3)38-47(43,46-22-9-5-4-6-10-22)44-16-8-13-30(40)34-18-29-24-19-39(15-14-27(24)36-37-29)31(41)28-17-23-25(33)11-7-12-26(23)35-28/h4-7,9-12,17,20-21,35H,8,13-16,18-19H2,1-3H3,(H,34,40)(H,36,37)(H,38,43)/t21-,47?/m0/s1. The van der Waals surface area contributed by atoms with E-state index in [0.29, 0.717) is 41.7 Å². The topological polar surface area (TPSA) is 168 Å². The Kier molecular flexibility index (Phi) is 11.0. The zero-order chi connectivity index (χ0) is 33.6. The molecule has 3 heterocycles. The van der Waals surface area contributed by atoms with Gasteiger partial charge in [-0.25, -0.2) is 4.57 Å². The third kappa shape index (κ3) is 8.81. The molecule has 0 fully saturated rings. The van der Waals surface area contributed by atoms with E-state index in [1.807, 2.05) is 12.1 Å². The summed E-state index contributed by atoms with van der Waals surface area (Å²) in [6.45, 7) is 5.89. The number of aromatic nitrogens is 3. The van der Waals surface area contributed by atoms with Gasteiger partial charge in [0.15, 0.2) is 0 Å². The molecule has 4 aromatic rings. The highest BCUT2D eigenvalue weighted by Gasteiger charge is 2.32. The first-order valence-corrected chi connectivity index (χ1v) is 17.3. The first kappa shape index (κ1) is 34.2. The number of hydrogen-bond donors (Lipinski definition) is 4. The van der Waals surface area contributed by atoms with E-state index in [2.05, 4.69) is 25.6 Å². The number of halogens is 1. The predicted molar refractivity (Wildman–Crippen MR) is 176 cm³/mol. The fourth-order valence-corrected chi connectivity index (χ4v) is 6.86. The summed E-state index contributed by atoms with van der Waals surface area (Å²) >= 11 is 6.29. The minimum absolute atomic E-state index is 0.0790. The van der Waals surface area contributed by atoms with Gasteiger partial charge in [0.05, 0.1) is 24.9 Å². The zero-order valence-electron chi connectivity index (χ0n) is 26.4. The first-order chi connectivity index (χ1) is 22.5. The number of benzene rings is 2. The molecule has 5 rings (SSSR count). The number of ether oxygens (including phenoxy) is 1. The van der Waals surface area contributed by atoms with Crippen LogP contribution in [-0.2, 0) is 42.9 Å². The molecular formula is C32H38ClN6O7P. The number of para-hydroxylation sites is 1. The van der Waals surface area contributed by atoms with Gasteiger partial charge >= 0.3 is 13.7 Å². The van der Waals surface area contributed by atoms with E-state index in [-0.39, 0.29) is 43.9 Å². The highest BCUT2D eigenvalue weighted by atomic mass is 35.5. The van der Waals surface area contributed by atoms with E-state index >= 15 is 0 Å². The van der Waals surface area contributed by atoms with Crippen LogP contribution >= 0.6 is 19.3 Å². The molecule has 47 heavy (non-hydrogen) atoms. The third-order valence-corrected chi connectivity index (χ3v) is 9.44. The molecule has 2 aromatic carbocycles. The van der Waals surface area contributed by atoms with E-state index in [1.165, 1.54) is 6.92 Å². The number of nitrogens with zero attached hydrogens (tertiary/aromatic N) is 2. The Hall–Kier alpha value is -4.16. The van der Waals surface area contributed by atoms with Crippen LogP contribution in [0.3, 0.4) is 0 Å². The number of hydrogen-bond acceptors (Lipinski definition) is 8. The van der Waals surface area contributed by atoms with Gasteiger partial charge in [0, 0.05) is 53.1 Å². The number of aromatic amines is 2. The second-order valence-corrected chi connectivity index (χ2v) is 13.5. The summed E-state index contributed by atoms with van der Waals surface area (Å²) in [5.41, 5.74) is 3.70. The Morgan fingerprint density at radius 3 is 2.64 bits per heavy atom. The van der Waals surface area contributed by atoms with Gasteiger partial charge in [-0.1, -0.05) is 35.9 Å². The van der Waals surface area contributed by atoms with Gasteiger partial charge in [0.2, 0.25) is 5.91 Å². The molecule has 1 aliphatic heterocycles. The lowest BCUT2D eigenvalue weighted by Crippen LogP contribution is -2.36. The average molecular weight is 685 g/mol. The van der Waals surface area contributed by atoms with Gasteiger partial charge in [-0.3, -0.25) is 24.0 Å². The van der Waals surface area contributed by atoms with Crippen LogP contribution in [0.1, 0.15) is 61.1 Å². The molecular weight excluding hydrogens is 647 g/mol. The molecule has 0 saturated carbocycles. The highest BCUT2D eigenvalue weighted by Crippen LogP contribution is 2.45. The lowest BCUT2D eigenvalue weighted by Gasteiger charge is -2.26. The molecule has 0 spiro atoms. The van der Waals surface area contributed by atoms with Crippen LogP contribution in [0.2, 0.25) is 5.02 Å². The molecule has 13 nitrogen and oxygen atoms in total. The quantitative estimate of drug-likeness (QED) is 0.0786. The van der Waals surface area contributed by atoms with Crippen molar-refractivity contribution in [2.24, 2.45) is 0 Å². The van der Waals surface area contributed by atoms with Gasteiger partial charge in [-0.05, 0) is 57.5 Å². The number of carbonyl (C=O) groups excluding carboxylic acids is 3. The van der Waals surface area contributed by atoms with E-state index in [4.69, 9.17) is 25.4 Å². The monoisotopic (exact) mass is 684 g/mol. The second-order valence-electron chi connectivity index (χ2n) is 11.4. The van der Waals surface area contributed by atoms with Crippen LogP contribution in [0.4, 0.5) is 0 Å². The normalized spacial score (nSPS) is 14.8. The van der Waals surface area contributed by atoms with Crippen molar-refractivity contribution in [2.75, 3.05) is 13.2 Å². The minimum Gasteiger partial charge on any atom is -0.462 e. The van der Waals surface area contributed by atoms with E-state index in [9.17, 15) is 18.9 Å². The van der Waals surface area contributed by atoms with Crippen molar-refractivity contribution in [3.8, 4) is 5.75 Å². The summed E-state index contributed by atoms with van der Waals surface area (Å²) in [5.74, 6) is -0.715. The van der Waals surface area contributed by atoms with Gasteiger partial charge in [0.25, 0.3) is 5.91 Å². The number of rotatable bonds is 14. The van der Waals surface area contributed by atoms with Gasteiger partial charge in [-0.2, -0.15) is 10.2 Å². The largest absolute Gasteiger partial charge is 0.462 e. The van der Waals surface area contributed by atoms with E-state index < -0.39 is 19.8 Å². The lowest BCUT2D eigenvalue weighted by atomic mass is 10.0. The molecule has 1 unspecified atom stereocenters. The van der Waals surface area contributed by atoms with Crippen LogP contribution < -0.4 is 14.9 Å². The number of amides is 2. The van der Waals surface area contributed by atoms with Crippen LogP contribution in [0.15, 0.2) is 54.6 Å². The number of nitrogens with one attached hydrogen (secondary N) is 4. The number of fused-ring (bicyclic) bond motifs is 2. The highest BCUT2D eigenvalue weighted by molar-refractivity contribution is 7.52. The SMILES string of the molecule is CC(C)OC(=O)[C@H](C)NP(=O)(OCCCC(=O)NCc1n[nH]c2c1CN(C(=O)c1cc3c(Cl)cccc3[nH]1)CC2)Oc1ccccc1. The van der Waals surface area contributed by atoms with Crippen LogP contribution in [0.25, 0.3) is 10.9 Å². The van der Waals surface area contributed by atoms with Gasteiger partial charge in [0.1, 0.15) is 17.5 Å². The van der Waals surface area contributed by atoms with Crippen LogP contribution in [0.5, 0.6) is 5.75 Å². The summed E-state index contributed by atoms with van der Waals surface area (Å²) < 4.78 is 30.0. The summed E-state index contributed by atoms with van der Waals surface area (Å²) in [7, 11) is -4.01. The number of H-pyrrole nitrogens is 2. The third-order valence-electron chi connectivity index (χ3n) is 7.44. The van der Waals surface area contributed by atoms with Gasteiger partial charge in [-0.15, -0.1) is 0 Å². The Morgan fingerprint density at radius 2 is 1.89 bits per heavy atom. The summed E-state index contributed by atoms with van der Waals surface area (Å²) in [5, 5.41) is 14.3. The summed E-state index contributed by atoms with van der Waals surface area (Å²) in [6.07, 6.45) is 0.569. The van der Waals surface area contributed by atoms with Crippen molar-refractivity contribution >= 4 is 48.0 Å². The summed E-state index contributed by atoms with van der Waals surface area (Å²) in [4.78, 5) is 43.2. The fourth-order valence-electron chi connectivity index (χ4n) is 5.10.